The summed E-state index contributed by atoms with van der Waals surface area (Å²) in [6, 6.07) is 4.85. The number of ether oxygens (including phenoxy) is 2. The smallest absolute Gasteiger partial charge is 0.248 e. The van der Waals surface area contributed by atoms with Gasteiger partial charge in [-0.15, -0.1) is 11.6 Å². The van der Waals surface area contributed by atoms with Gasteiger partial charge in [0, 0.05) is 5.56 Å². The summed E-state index contributed by atoms with van der Waals surface area (Å²) < 4.78 is 10.1. The third-order valence-electron chi connectivity index (χ3n) is 1.66. The summed E-state index contributed by atoms with van der Waals surface area (Å²) in [6.07, 6.45) is 0. The molecule has 0 atom stereocenters. The highest BCUT2D eigenvalue weighted by molar-refractivity contribution is 6.31. The van der Waals surface area contributed by atoms with Gasteiger partial charge in [0.2, 0.25) is 27.9 Å². The molecule has 4 nitrogen and oxygen atoms in total. The molecule has 2 N–H and O–H groups in total. The van der Waals surface area contributed by atoms with E-state index in [1.807, 2.05) is 0 Å². The van der Waals surface area contributed by atoms with E-state index in [4.69, 9.17) is 15.2 Å². The predicted molar refractivity (Wildman–Crippen MR) is 60.0 cm³/mol. The maximum Gasteiger partial charge on any atom is 0.248 e. The molecule has 0 aliphatic carbocycles. The number of rotatable bonds is 1. The van der Waals surface area contributed by atoms with Crippen LogP contribution in [0.1, 0.15) is 10.4 Å². The normalized spacial score (nSPS) is 11.3. The van der Waals surface area contributed by atoms with Crippen LogP contribution in [-0.2, 0) is 0 Å². The zero-order valence-electron chi connectivity index (χ0n) is 8.95. The van der Waals surface area contributed by atoms with Crippen molar-refractivity contribution in [2.45, 2.75) is 11.6 Å². The molecule has 5 heteroatoms. The van der Waals surface area contributed by atoms with E-state index in [-0.39, 0.29) is 6.79 Å². The van der Waals surface area contributed by atoms with Crippen molar-refractivity contribution in [2.75, 3.05) is 6.79 Å². The van der Waals surface area contributed by atoms with E-state index in [2.05, 4.69) is 11.6 Å². The van der Waals surface area contributed by atoms with Gasteiger partial charge in [-0.2, -0.15) is 0 Å². The number of nitrogens with two attached hydrogens (primary N) is 1. The summed E-state index contributed by atoms with van der Waals surface area (Å²) in [7, 11) is 0. The van der Waals surface area contributed by atoms with Crippen LogP contribution in [0.2, 0.25) is 11.6 Å². The molecule has 0 unspecified atom stereocenters. The van der Waals surface area contributed by atoms with Gasteiger partial charge in [0.25, 0.3) is 0 Å². The fraction of sp³-hybridized carbons (Fsp3) is 0.300. The van der Waals surface area contributed by atoms with Crippen LogP contribution in [0.3, 0.4) is 0 Å². The second-order valence-corrected chi connectivity index (χ2v) is 4.55. The first-order valence-corrected chi connectivity index (χ1v) is 7.71. The Labute approximate surface area is 95.1 Å². The lowest BCUT2D eigenvalue weighted by atomic mass is 10.2. The monoisotopic (exact) mass is 223 g/mol. The maximum absolute atomic E-state index is 10.7. The third-order valence-corrected chi connectivity index (χ3v) is 1.66. The molecule has 80 valence electrons. The van der Waals surface area contributed by atoms with E-state index in [1.165, 1.54) is 0 Å². The van der Waals surface area contributed by atoms with Gasteiger partial charge in [-0.25, -0.2) is 0 Å². The predicted octanol–water partition coefficient (Wildman–Crippen LogP) is 1.03. The number of hydrogen-bond acceptors (Lipinski definition) is 3. The first kappa shape index (κ1) is 11.9. The fourth-order valence-corrected chi connectivity index (χ4v) is 1.05. The summed E-state index contributed by atoms with van der Waals surface area (Å²) in [5.74, 6) is 5.29. The van der Waals surface area contributed by atoms with Crippen LogP contribution in [0.25, 0.3) is 0 Å². The summed E-state index contributed by atoms with van der Waals surface area (Å²) in [5.41, 5.74) is 5.50. The lowest BCUT2D eigenvalue weighted by molar-refractivity contribution is 0.1000. The van der Waals surface area contributed by atoms with Crippen molar-refractivity contribution in [1.82, 2.24) is 0 Å². The fourth-order valence-electron chi connectivity index (χ4n) is 1.05. The topological polar surface area (TPSA) is 61.6 Å². The Morgan fingerprint density at radius 3 is 2.53 bits per heavy atom. The minimum absolute atomic E-state index is 0.206. The first-order chi connectivity index (χ1) is 7.19. The number of amides is 1. The molecule has 0 saturated heterocycles. The lowest BCUT2D eigenvalue weighted by Gasteiger charge is -1.97. The molecule has 0 spiro atoms. The van der Waals surface area contributed by atoms with Crippen molar-refractivity contribution in [3.05, 3.63) is 23.8 Å². The van der Waals surface area contributed by atoms with Gasteiger partial charge in [-0.05, 0) is 18.2 Å². The molecule has 1 aliphatic rings. The third kappa shape index (κ3) is 3.15. The van der Waals surface area contributed by atoms with Crippen molar-refractivity contribution in [2.24, 2.45) is 5.73 Å². The second-order valence-electron chi connectivity index (χ2n) is 3.14. The van der Waals surface area contributed by atoms with Gasteiger partial charge in [0.15, 0.2) is 11.5 Å². The number of fused-ring (bicyclic) bond motifs is 1. The van der Waals surface area contributed by atoms with Crippen LogP contribution in [0, 0.1) is 0 Å². The molecular weight excluding hydrogens is 209 g/mol. The number of hydrogen-bond donors (Lipinski definition) is 1. The van der Waals surface area contributed by atoms with Crippen molar-refractivity contribution < 1.29 is 14.3 Å². The zero-order chi connectivity index (χ0) is 11.3. The summed E-state index contributed by atoms with van der Waals surface area (Å²) in [5, 5.41) is 0. The molecule has 0 fully saturated rings. The largest absolute Gasteiger partial charge is 0.454 e. The average molecular weight is 223 g/mol. The molecule has 1 amide bonds. The summed E-state index contributed by atoms with van der Waals surface area (Å²) in [6.45, 7) is 0.206. The van der Waals surface area contributed by atoms with Crippen LogP contribution < -0.4 is 15.2 Å². The van der Waals surface area contributed by atoms with E-state index in [1.54, 1.807) is 18.2 Å². The van der Waals surface area contributed by atoms with Gasteiger partial charge >= 0.3 is 0 Å². The zero-order valence-corrected chi connectivity index (χ0v) is 10.4. The van der Waals surface area contributed by atoms with Crippen molar-refractivity contribution in [3.8, 4) is 11.5 Å². The Balaban J connectivity index is 0.000000337. The number of carbonyl (C=O) groups excluding carboxylic acids is 1. The van der Waals surface area contributed by atoms with E-state index < -0.39 is 5.91 Å². The molecule has 2 rings (SSSR count). The van der Waals surface area contributed by atoms with Gasteiger partial charge in [0.05, 0.1) is 0 Å². The summed E-state index contributed by atoms with van der Waals surface area (Å²) >= 11 is 0.417. The first-order valence-electron chi connectivity index (χ1n) is 4.88. The van der Waals surface area contributed by atoms with Crippen LogP contribution >= 0.6 is 0 Å². The molecular formula is C10H14AlNO3. The van der Waals surface area contributed by atoms with E-state index in [0.29, 0.717) is 32.3 Å². The quantitative estimate of drug-likeness (QED) is 0.723. The number of carbonyl (C=O) groups is 1. The molecule has 1 aromatic carbocycles. The minimum Gasteiger partial charge on any atom is -0.454 e. The SMILES string of the molecule is NC(=O)c1ccc2c(c1)OCO2.[CH3][AlH][CH3]. The lowest BCUT2D eigenvalue weighted by Crippen LogP contribution is -2.10. The highest BCUT2D eigenvalue weighted by atomic mass is 27.1. The Morgan fingerprint density at radius 2 is 1.93 bits per heavy atom. The Morgan fingerprint density at radius 1 is 1.33 bits per heavy atom. The Hall–Kier alpha value is -1.18. The number of benzene rings is 1. The van der Waals surface area contributed by atoms with Gasteiger partial charge in [0.1, 0.15) is 0 Å². The van der Waals surface area contributed by atoms with Crippen molar-refractivity contribution in [1.29, 1.82) is 0 Å². The average Bonchev–Trinajstić information content (AvgIpc) is 2.65. The standard InChI is InChI=1S/C8H7NO3.2CH3.Al.H/c9-8(10)5-1-2-6-7(3-5)12-4-11-6;;;;/h1-3H,4H2,(H2,9,10);2*1H3;;. The van der Waals surface area contributed by atoms with Gasteiger partial charge < -0.3 is 15.2 Å². The highest BCUT2D eigenvalue weighted by Crippen LogP contribution is 2.32. The molecule has 0 bridgehead atoms. The summed E-state index contributed by atoms with van der Waals surface area (Å²) in [4.78, 5) is 10.7. The van der Waals surface area contributed by atoms with Crippen molar-refractivity contribution >= 4 is 21.1 Å². The molecule has 1 aromatic rings. The van der Waals surface area contributed by atoms with Crippen LogP contribution in [0.4, 0.5) is 0 Å². The Kier molecular flexibility index (Phi) is 4.47. The van der Waals surface area contributed by atoms with Crippen LogP contribution in [0.5, 0.6) is 11.5 Å². The van der Waals surface area contributed by atoms with Crippen LogP contribution in [-0.4, -0.2) is 27.9 Å². The number of primary amides is 1. The molecule has 0 radical (unpaired) electrons. The maximum atomic E-state index is 10.7. The van der Waals surface area contributed by atoms with E-state index in [9.17, 15) is 4.79 Å². The van der Waals surface area contributed by atoms with E-state index in [0.717, 1.165) is 0 Å². The highest BCUT2D eigenvalue weighted by Gasteiger charge is 2.14. The molecule has 0 aromatic heterocycles. The Bertz CT molecular complexity index is 355. The second kappa shape index (κ2) is 5.64. The minimum atomic E-state index is -0.465. The van der Waals surface area contributed by atoms with Gasteiger partial charge in [-0.1, -0.05) is 0 Å². The van der Waals surface area contributed by atoms with Crippen LogP contribution in [0.15, 0.2) is 18.2 Å². The van der Waals surface area contributed by atoms with E-state index >= 15 is 0 Å². The van der Waals surface area contributed by atoms with Crippen molar-refractivity contribution in [3.63, 3.8) is 0 Å². The molecule has 1 aliphatic heterocycles. The molecule has 1 heterocycles. The molecule has 0 saturated carbocycles. The molecule has 15 heavy (non-hydrogen) atoms. The van der Waals surface area contributed by atoms with Gasteiger partial charge in [-0.3, -0.25) is 4.79 Å².